The van der Waals surface area contributed by atoms with Gasteiger partial charge in [-0.2, -0.15) is 0 Å². The number of methoxy groups -OCH3 is 2. The van der Waals surface area contributed by atoms with Crippen LogP contribution in [0.5, 0.6) is 5.75 Å². The molecule has 0 aliphatic carbocycles. The molecule has 3 aromatic rings. The topological polar surface area (TPSA) is 114 Å². The van der Waals surface area contributed by atoms with Crippen molar-refractivity contribution in [2.75, 3.05) is 14.2 Å². The molecule has 0 radical (unpaired) electrons. The van der Waals surface area contributed by atoms with Crippen molar-refractivity contribution >= 4 is 23.8 Å². The Morgan fingerprint density at radius 3 is 2.22 bits per heavy atom. The molecule has 0 saturated carbocycles. The molecule has 0 aromatic heterocycles. The van der Waals surface area contributed by atoms with Crippen molar-refractivity contribution < 1.29 is 28.7 Å². The maximum absolute atomic E-state index is 13.5. The Morgan fingerprint density at radius 1 is 0.919 bits per heavy atom. The average Bonchev–Trinajstić information content (AvgIpc) is 3.01. The summed E-state index contributed by atoms with van der Waals surface area (Å²) in [6.07, 6.45) is 0. The zero-order valence-electron chi connectivity index (χ0n) is 20.7. The highest BCUT2D eigenvalue weighted by Gasteiger charge is 2.32. The summed E-state index contributed by atoms with van der Waals surface area (Å²) in [6, 6.07) is 17.7. The van der Waals surface area contributed by atoms with Crippen LogP contribution in [0.1, 0.15) is 60.7 Å². The molecule has 0 fully saturated rings. The molecular formula is C28H27N3O6. The molecule has 4 rings (SSSR count). The van der Waals surface area contributed by atoms with E-state index in [4.69, 9.17) is 9.47 Å². The van der Waals surface area contributed by atoms with E-state index in [1.807, 2.05) is 24.3 Å². The third-order valence-corrected chi connectivity index (χ3v) is 6.17. The Hall–Kier alpha value is -4.66. The summed E-state index contributed by atoms with van der Waals surface area (Å²) >= 11 is 0. The molecule has 9 nitrogen and oxygen atoms in total. The van der Waals surface area contributed by atoms with Crippen LogP contribution >= 0.6 is 0 Å². The normalized spacial score (nSPS) is 14.8. The predicted molar refractivity (Wildman–Crippen MR) is 135 cm³/mol. The van der Waals surface area contributed by atoms with Crippen molar-refractivity contribution in [3.05, 3.63) is 100 Å². The molecule has 3 aromatic carbocycles. The zero-order chi connectivity index (χ0) is 26.5. The number of amides is 4. The van der Waals surface area contributed by atoms with E-state index in [0.717, 1.165) is 16.2 Å². The van der Waals surface area contributed by atoms with Crippen molar-refractivity contribution in [2.24, 2.45) is 0 Å². The van der Waals surface area contributed by atoms with E-state index in [1.165, 1.54) is 13.2 Å². The smallest absolute Gasteiger partial charge is 0.337 e. The molecule has 1 unspecified atom stereocenters. The van der Waals surface area contributed by atoms with Gasteiger partial charge in [0.05, 0.1) is 32.4 Å². The minimum atomic E-state index is -0.545. The van der Waals surface area contributed by atoms with Gasteiger partial charge in [-0.1, -0.05) is 30.3 Å². The van der Waals surface area contributed by atoms with Gasteiger partial charge >= 0.3 is 12.0 Å². The first-order valence-corrected chi connectivity index (χ1v) is 11.7. The molecule has 9 heteroatoms. The highest BCUT2D eigenvalue weighted by atomic mass is 16.5. The van der Waals surface area contributed by atoms with Gasteiger partial charge in [-0.25, -0.2) is 9.59 Å². The first kappa shape index (κ1) is 25.4. The number of imide groups is 1. The number of nitrogens with one attached hydrogen (secondary N) is 2. The SMILES string of the molecule is COC(=O)c1ccc(CN2C(=O)NC(C)c3ccc(C(=O)NCc4ccc(OC)cc4)cc3C2=O)cc1. The van der Waals surface area contributed by atoms with Crippen LogP contribution in [0.25, 0.3) is 0 Å². The number of rotatable bonds is 7. The third kappa shape index (κ3) is 5.61. The number of ether oxygens (including phenoxy) is 2. The second kappa shape index (κ2) is 10.9. The van der Waals surface area contributed by atoms with Gasteiger partial charge in [0.1, 0.15) is 5.75 Å². The number of esters is 1. The molecule has 4 amide bonds. The van der Waals surface area contributed by atoms with Gasteiger partial charge in [-0.3, -0.25) is 14.5 Å². The minimum absolute atomic E-state index is 0.00776. The molecule has 190 valence electrons. The maximum Gasteiger partial charge on any atom is 0.337 e. The Kier molecular flexibility index (Phi) is 7.52. The molecular weight excluding hydrogens is 474 g/mol. The molecule has 1 aliphatic rings. The molecule has 0 bridgehead atoms. The monoisotopic (exact) mass is 501 g/mol. The van der Waals surface area contributed by atoms with Gasteiger partial charge < -0.3 is 20.1 Å². The summed E-state index contributed by atoms with van der Waals surface area (Å²) in [6.45, 7) is 2.08. The van der Waals surface area contributed by atoms with Crippen LogP contribution in [0.4, 0.5) is 4.79 Å². The van der Waals surface area contributed by atoms with Crippen molar-refractivity contribution in [3.8, 4) is 5.75 Å². The average molecular weight is 502 g/mol. The number of nitrogens with zero attached hydrogens (tertiary/aromatic N) is 1. The lowest BCUT2D eigenvalue weighted by molar-refractivity contribution is 0.0599. The van der Waals surface area contributed by atoms with Crippen molar-refractivity contribution in [1.82, 2.24) is 15.5 Å². The van der Waals surface area contributed by atoms with Crippen LogP contribution in [0, 0.1) is 0 Å². The molecule has 37 heavy (non-hydrogen) atoms. The lowest BCUT2D eigenvalue weighted by atomic mass is 9.98. The van der Waals surface area contributed by atoms with Crippen LogP contribution in [0.3, 0.4) is 0 Å². The van der Waals surface area contributed by atoms with E-state index in [0.29, 0.717) is 28.8 Å². The van der Waals surface area contributed by atoms with Crippen molar-refractivity contribution in [3.63, 3.8) is 0 Å². The van der Waals surface area contributed by atoms with Crippen LogP contribution in [0.2, 0.25) is 0 Å². The van der Waals surface area contributed by atoms with Crippen LogP contribution in [0.15, 0.2) is 66.7 Å². The highest BCUT2D eigenvalue weighted by molar-refractivity contribution is 6.08. The second-order valence-corrected chi connectivity index (χ2v) is 8.58. The fraction of sp³-hybridized carbons (Fsp3) is 0.214. The summed E-state index contributed by atoms with van der Waals surface area (Å²) in [7, 11) is 2.88. The second-order valence-electron chi connectivity index (χ2n) is 8.58. The Bertz CT molecular complexity index is 1340. The third-order valence-electron chi connectivity index (χ3n) is 6.17. The van der Waals surface area contributed by atoms with E-state index in [2.05, 4.69) is 10.6 Å². The number of urea groups is 1. The van der Waals surface area contributed by atoms with Gasteiger partial charge in [-0.15, -0.1) is 0 Å². The molecule has 1 atom stereocenters. The van der Waals surface area contributed by atoms with Gasteiger partial charge in [-0.05, 0) is 60.0 Å². The fourth-order valence-electron chi connectivity index (χ4n) is 4.06. The van der Waals surface area contributed by atoms with Crippen LogP contribution in [-0.4, -0.2) is 42.9 Å². The summed E-state index contributed by atoms with van der Waals surface area (Å²) in [5, 5.41) is 5.68. The molecule has 1 heterocycles. The molecule has 1 aliphatic heterocycles. The Morgan fingerprint density at radius 2 is 1.57 bits per heavy atom. The number of carbonyl (C=O) groups is 4. The Labute approximate surface area is 214 Å². The molecule has 2 N–H and O–H groups in total. The van der Waals surface area contributed by atoms with Crippen LogP contribution < -0.4 is 15.4 Å². The number of hydrogen-bond donors (Lipinski definition) is 2. The number of hydrogen-bond acceptors (Lipinski definition) is 6. The number of fused-ring (bicyclic) bond motifs is 1. The van der Waals surface area contributed by atoms with E-state index in [-0.39, 0.29) is 18.0 Å². The zero-order valence-corrected chi connectivity index (χ0v) is 20.7. The van der Waals surface area contributed by atoms with E-state index in [9.17, 15) is 19.2 Å². The van der Waals surface area contributed by atoms with E-state index in [1.54, 1.807) is 50.4 Å². The maximum atomic E-state index is 13.5. The van der Waals surface area contributed by atoms with Crippen molar-refractivity contribution in [2.45, 2.75) is 26.1 Å². The Balaban J connectivity index is 1.53. The van der Waals surface area contributed by atoms with Crippen molar-refractivity contribution in [1.29, 1.82) is 0 Å². The summed E-state index contributed by atoms with van der Waals surface area (Å²) in [4.78, 5) is 52.0. The summed E-state index contributed by atoms with van der Waals surface area (Å²) in [5.41, 5.74) is 3.11. The first-order chi connectivity index (χ1) is 17.8. The lowest BCUT2D eigenvalue weighted by Gasteiger charge is -2.19. The summed E-state index contributed by atoms with van der Waals surface area (Å²) < 4.78 is 9.85. The highest BCUT2D eigenvalue weighted by Crippen LogP contribution is 2.26. The van der Waals surface area contributed by atoms with Crippen LogP contribution in [-0.2, 0) is 17.8 Å². The summed E-state index contributed by atoms with van der Waals surface area (Å²) in [5.74, 6) is -0.609. The van der Waals surface area contributed by atoms with Gasteiger partial charge in [0.25, 0.3) is 11.8 Å². The van der Waals surface area contributed by atoms with Gasteiger partial charge in [0, 0.05) is 17.7 Å². The molecule has 0 spiro atoms. The number of carbonyl (C=O) groups excluding carboxylic acids is 4. The predicted octanol–water partition coefficient (Wildman–Crippen LogP) is 3.84. The van der Waals surface area contributed by atoms with Gasteiger partial charge in [0.15, 0.2) is 0 Å². The number of benzene rings is 3. The van der Waals surface area contributed by atoms with E-state index >= 15 is 0 Å². The first-order valence-electron chi connectivity index (χ1n) is 11.7. The fourth-order valence-corrected chi connectivity index (χ4v) is 4.06. The molecule has 0 saturated heterocycles. The quantitative estimate of drug-likeness (QED) is 0.476. The standard InChI is InChI=1S/C28H27N3O6/c1-17-23-13-10-21(25(32)29-15-18-6-11-22(36-2)12-7-18)14-24(23)26(33)31(28(35)30-17)16-19-4-8-20(9-5-19)27(34)37-3/h4-14,17H,15-16H2,1-3H3,(H,29,32)(H,30,35). The lowest BCUT2D eigenvalue weighted by Crippen LogP contribution is -2.41. The van der Waals surface area contributed by atoms with E-state index < -0.39 is 23.9 Å². The largest absolute Gasteiger partial charge is 0.497 e. The van der Waals surface area contributed by atoms with Gasteiger partial charge in [0.2, 0.25) is 0 Å². The minimum Gasteiger partial charge on any atom is -0.497 e.